The van der Waals surface area contributed by atoms with Crippen LogP contribution in [0.25, 0.3) is 5.69 Å². The van der Waals surface area contributed by atoms with Crippen LogP contribution >= 0.6 is 11.6 Å². The molecule has 0 atom stereocenters. The molecular weight excluding hydrogens is 309 g/mol. The van der Waals surface area contributed by atoms with E-state index in [0.717, 1.165) is 0 Å². The second-order valence-electron chi connectivity index (χ2n) is 4.38. The van der Waals surface area contributed by atoms with Crippen molar-refractivity contribution in [2.75, 3.05) is 5.32 Å². The third-order valence-corrected chi connectivity index (χ3v) is 3.12. The maximum Gasteiger partial charge on any atom is 0.257 e. The van der Waals surface area contributed by atoms with Gasteiger partial charge in [0.05, 0.1) is 11.3 Å². The number of hydrogen-bond acceptors (Lipinski definition) is 4. The van der Waals surface area contributed by atoms with Crippen molar-refractivity contribution in [3.8, 4) is 5.69 Å². The molecule has 0 aliphatic carbocycles. The molecule has 0 fully saturated rings. The van der Waals surface area contributed by atoms with Crippen molar-refractivity contribution in [3.05, 3.63) is 65.2 Å². The van der Waals surface area contributed by atoms with Crippen molar-refractivity contribution < 1.29 is 9.18 Å². The van der Waals surface area contributed by atoms with Gasteiger partial charge in [0.1, 0.15) is 12.1 Å². The zero-order valence-corrected chi connectivity index (χ0v) is 11.8. The molecule has 0 spiro atoms. The molecule has 0 unspecified atom stereocenters. The Morgan fingerprint density at radius 2 is 2.09 bits per heavy atom. The molecule has 110 valence electrons. The summed E-state index contributed by atoms with van der Waals surface area (Å²) in [5.74, 6) is -0.919. The molecule has 1 heterocycles. The van der Waals surface area contributed by atoms with Gasteiger partial charge in [0, 0.05) is 16.8 Å². The van der Waals surface area contributed by atoms with Gasteiger partial charge in [-0.15, -0.1) is 5.10 Å². The molecule has 0 aliphatic rings. The maximum atomic E-state index is 13.5. The first kappa shape index (κ1) is 14.2. The van der Waals surface area contributed by atoms with Gasteiger partial charge in [0.2, 0.25) is 0 Å². The van der Waals surface area contributed by atoms with Crippen LogP contribution in [0.1, 0.15) is 10.4 Å². The largest absolute Gasteiger partial charge is 0.322 e. The summed E-state index contributed by atoms with van der Waals surface area (Å²) < 4.78 is 14.7. The maximum absolute atomic E-state index is 13.5. The summed E-state index contributed by atoms with van der Waals surface area (Å²) in [6, 6.07) is 10.5. The van der Waals surface area contributed by atoms with Gasteiger partial charge in [-0.25, -0.2) is 4.39 Å². The van der Waals surface area contributed by atoms with Crippen LogP contribution in [-0.4, -0.2) is 26.1 Å². The van der Waals surface area contributed by atoms with Crippen LogP contribution in [-0.2, 0) is 0 Å². The summed E-state index contributed by atoms with van der Waals surface area (Å²) in [7, 11) is 0. The van der Waals surface area contributed by atoms with Gasteiger partial charge < -0.3 is 5.32 Å². The quantitative estimate of drug-likeness (QED) is 0.806. The van der Waals surface area contributed by atoms with E-state index >= 15 is 0 Å². The van der Waals surface area contributed by atoms with Crippen molar-refractivity contribution in [3.63, 3.8) is 0 Å². The molecule has 0 saturated carbocycles. The second kappa shape index (κ2) is 5.90. The standard InChI is InChI=1S/C14H9ClFN5O/c15-9-2-1-3-11(6-9)18-14(22)12-5-4-10(16)7-13(12)21-8-17-19-20-21/h1-8H,(H,18,22). The fourth-order valence-corrected chi connectivity index (χ4v) is 2.11. The number of rotatable bonds is 3. The SMILES string of the molecule is O=C(Nc1cccc(Cl)c1)c1ccc(F)cc1-n1cnnn1. The van der Waals surface area contributed by atoms with Crippen molar-refractivity contribution in [2.24, 2.45) is 0 Å². The number of benzene rings is 2. The molecule has 8 heteroatoms. The van der Waals surface area contributed by atoms with E-state index in [1.165, 1.54) is 29.2 Å². The number of nitrogens with one attached hydrogen (secondary N) is 1. The molecule has 0 saturated heterocycles. The number of carbonyl (C=O) groups excluding carboxylic acids is 1. The van der Waals surface area contributed by atoms with E-state index in [2.05, 4.69) is 20.8 Å². The highest BCUT2D eigenvalue weighted by molar-refractivity contribution is 6.31. The molecule has 2 aromatic carbocycles. The minimum absolute atomic E-state index is 0.230. The van der Waals surface area contributed by atoms with Gasteiger partial charge in [-0.3, -0.25) is 4.79 Å². The normalized spacial score (nSPS) is 10.5. The Kier molecular flexibility index (Phi) is 3.80. The number of carbonyl (C=O) groups is 1. The lowest BCUT2D eigenvalue weighted by molar-refractivity contribution is 0.102. The zero-order valence-electron chi connectivity index (χ0n) is 11.1. The van der Waals surface area contributed by atoms with Crippen molar-refractivity contribution >= 4 is 23.2 Å². The van der Waals surface area contributed by atoms with Crippen LogP contribution in [0.15, 0.2) is 48.8 Å². The Labute approximate surface area is 129 Å². The molecule has 1 N–H and O–H groups in total. The molecular formula is C14H9ClFN5O. The molecule has 0 aliphatic heterocycles. The first-order valence-corrected chi connectivity index (χ1v) is 6.61. The average molecular weight is 318 g/mol. The minimum atomic E-state index is -0.496. The Bertz CT molecular complexity index is 822. The van der Waals surface area contributed by atoms with Gasteiger partial charge in [-0.1, -0.05) is 17.7 Å². The van der Waals surface area contributed by atoms with Gasteiger partial charge in [-0.2, -0.15) is 4.68 Å². The van der Waals surface area contributed by atoms with E-state index in [9.17, 15) is 9.18 Å². The van der Waals surface area contributed by atoms with Gasteiger partial charge >= 0.3 is 0 Å². The van der Waals surface area contributed by atoms with Crippen LogP contribution in [0.2, 0.25) is 5.02 Å². The number of amides is 1. The minimum Gasteiger partial charge on any atom is -0.322 e. The fraction of sp³-hybridized carbons (Fsp3) is 0. The summed E-state index contributed by atoms with van der Waals surface area (Å²) in [4.78, 5) is 12.4. The van der Waals surface area contributed by atoms with E-state index in [-0.39, 0.29) is 11.3 Å². The van der Waals surface area contributed by atoms with E-state index < -0.39 is 11.7 Å². The van der Waals surface area contributed by atoms with Gasteiger partial charge in [-0.05, 0) is 40.8 Å². The third-order valence-electron chi connectivity index (χ3n) is 2.88. The number of aromatic nitrogens is 4. The Morgan fingerprint density at radius 1 is 1.23 bits per heavy atom. The number of halogens is 2. The number of hydrogen-bond donors (Lipinski definition) is 1. The van der Waals surface area contributed by atoms with Gasteiger partial charge in [0.25, 0.3) is 5.91 Å². The summed E-state index contributed by atoms with van der Waals surface area (Å²) >= 11 is 5.88. The van der Waals surface area contributed by atoms with Crippen molar-refractivity contribution in [2.45, 2.75) is 0 Å². The lowest BCUT2D eigenvalue weighted by atomic mass is 10.1. The summed E-state index contributed by atoms with van der Waals surface area (Å²) in [6.07, 6.45) is 1.28. The highest BCUT2D eigenvalue weighted by Crippen LogP contribution is 2.19. The Morgan fingerprint density at radius 3 is 2.82 bits per heavy atom. The van der Waals surface area contributed by atoms with Crippen molar-refractivity contribution in [1.82, 2.24) is 20.2 Å². The predicted molar refractivity (Wildman–Crippen MR) is 78.5 cm³/mol. The van der Waals surface area contributed by atoms with Crippen LogP contribution in [0.3, 0.4) is 0 Å². The monoisotopic (exact) mass is 317 g/mol. The molecule has 22 heavy (non-hydrogen) atoms. The summed E-state index contributed by atoms with van der Waals surface area (Å²) in [6.45, 7) is 0. The average Bonchev–Trinajstić information content (AvgIpc) is 3.01. The van der Waals surface area contributed by atoms with E-state index in [1.807, 2.05) is 0 Å². The number of anilines is 1. The Hall–Kier alpha value is -2.80. The first-order chi connectivity index (χ1) is 10.6. The molecule has 0 radical (unpaired) electrons. The molecule has 3 rings (SSSR count). The second-order valence-corrected chi connectivity index (χ2v) is 4.82. The predicted octanol–water partition coefficient (Wildman–Crippen LogP) is 2.71. The molecule has 1 amide bonds. The molecule has 6 nitrogen and oxygen atoms in total. The highest BCUT2D eigenvalue weighted by atomic mass is 35.5. The zero-order chi connectivity index (χ0) is 15.5. The summed E-state index contributed by atoms with van der Waals surface area (Å²) in [5, 5.41) is 13.8. The fourth-order valence-electron chi connectivity index (χ4n) is 1.92. The molecule has 3 aromatic rings. The van der Waals surface area contributed by atoms with Crippen LogP contribution in [0, 0.1) is 5.82 Å². The highest BCUT2D eigenvalue weighted by Gasteiger charge is 2.15. The van der Waals surface area contributed by atoms with Crippen molar-refractivity contribution in [1.29, 1.82) is 0 Å². The lowest BCUT2D eigenvalue weighted by Gasteiger charge is -2.10. The van der Waals surface area contributed by atoms with Crippen LogP contribution in [0.5, 0.6) is 0 Å². The van der Waals surface area contributed by atoms with Crippen LogP contribution in [0.4, 0.5) is 10.1 Å². The number of tetrazole rings is 1. The van der Waals surface area contributed by atoms with E-state index in [4.69, 9.17) is 11.6 Å². The smallest absolute Gasteiger partial charge is 0.257 e. The van der Waals surface area contributed by atoms with E-state index in [0.29, 0.717) is 10.7 Å². The molecule has 1 aromatic heterocycles. The summed E-state index contributed by atoms with van der Waals surface area (Å²) in [5.41, 5.74) is 1.00. The topological polar surface area (TPSA) is 72.7 Å². The number of nitrogens with zero attached hydrogens (tertiary/aromatic N) is 4. The van der Waals surface area contributed by atoms with Crippen LogP contribution < -0.4 is 5.32 Å². The first-order valence-electron chi connectivity index (χ1n) is 6.23. The third kappa shape index (κ3) is 2.94. The Balaban J connectivity index is 1.96. The lowest BCUT2D eigenvalue weighted by Crippen LogP contribution is -2.15. The van der Waals surface area contributed by atoms with E-state index in [1.54, 1.807) is 24.3 Å². The van der Waals surface area contributed by atoms with Gasteiger partial charge in [0.15, 0.2) is 0 Å². The molecule has 0 bridgehead atoms.